The Hall–Kier alpha value is -0.570. The predicted molar refractivity (Wildman–Crippen MR) is 39.7 cm³/mol. The lowest BCUT2D eigenvalue weighted by atomic mass is 10.0. The summed E-state index contributed by atoms with van der Waals surface area (Å²) in [7, 11) is 0. The predicted octanol–water partition coefficient (Wildman–Crippen LogP) is 0.834. The molecule has 0 aliphatic carbocycles. The van der Waals surface area contributed by atoms with Crippen LogP contribution in [0.3, 0.4) is 0 Å². The van der Waals surface area contributed by atoms with Gasteiger partial charge in [0, 0.05) is 12.5 Å². The first-order valence-electron chi connectivity index (χ1n) is 3.51. The molecule has 0 aromatic heterocycles. The number of carboxylic acids is 1. The van der Waals surface area contributed by atoms with E-state index in [0.29, 0.717) is 12.3 Å². The summed E-state index contributed by atoms with van der Waals surface area (Å²) in [6.07, 6.45) is 0.756. The van der Waals surface area contributed by atoms with E-state index in [-0.39, 0.29) is 12.5 Å². The van der Waals surface area contributed by atoms with Gasteiger partial charge in [0.1, 0.15) is 0 Å². The van der Waals surface area contributed by atoms with Crippen molar-refractivity contribution in [2.24, 2.45) is 11.7 Å². The summed E-state index contributed by atoms with van der Waals surface area (Å²) in [6.45, 7) is 3.99. The number of aliphatic carboxylic acids is 1. The Bertz CT molecular complexity index is 112. The second-order valence-corrected chi connectivity index (χ2v) is 2.84. The van der Waals surface area contributed by atoms with Crippen LogP contribution < -0.4 is 5.73 Å². The summed E-state index contributed by atoms with van der Waals surface area (Å²) >= 11 is 0. The molecule has 0 spiro atoms. The molecule has 0 aliphatic heterocycles. The summed E-state index contributed by atoms with van der Waals surface area (Å²) < 4.78 is 0. The van der Waals surface area contributed by atoms with Crippen LogP contribution in [0, 0.1) is 5.92 Å². The topological polar surface area (TPSA) is 63.3 Å². The molecule has 60 valence electrons. The summed E-state index contributed by atoms with van der Waals surface area (Å²) in [5.74, 6) is -0.393. The van der Waals surface area contributed by atoms with Crippen LogP contribution in [0.25, 0.3) is 0 Å². The summed E-state index contributed by atoms with van der Waals surface area (Å²) in [5, 5.41) is 8.29. The van der Waals surface area contributed by atoms with Crippen LogP contribution in [0.4, 0.5) is 0 Å². The lowest BCUT2D eigenvalue weighted by Crippen LogP contribution is -2.26. The molecule has 0 fully saturated rings. The van der Waals surface area contributed by atoms with Gasteiger partial charge in [-0.25, -0.2) is 0 Å². The number of nitrogens with two attached hydrogens (primary N) is 1. The SMILES string of the molecule is CC(C)[C@H](N)CCC(=O)O. The van der Waals surface area contributed by atoms with Gasteiger partial charge >= 0.3 is 5.97 Å². The molecule has 0 aliphatic rings. The smallest absolute Gasteiger partial charge is 0.303 e. The van der Waals surface area contributed by atoms with Gasteiger partial charge in [0.2, 0.25) is 0 Å². The molecule has 0 rings (SSSR count). The van der Waals surface area contributed by atoms with Crippen molar-refractivity contribution in [1.29, 1.82) is 0 Å². The largest absolute Gasteiger partial charge is 0.481 e. The van der Waals surface area contributed by atoms with Crippen LogP contribution in [0.5, 0.6) is 0 Å². The fourth-order valence-electron chi connectivity index (χ4n) is 0.623. The molecule has 3 heteroatoms. The van der Waals surface area contributed by atoms with E-state index < -0.39 is 5.97 Å². The minimum atomic E-state index is -0.767. The third-order valence-corrected chi connectivity index (χ3v) is 1.55. The number of rotatable bonds is 4. The molecule has 0 heterocycles. The van der Waals surface area contributed by atoms with Gasteiger partial charge in [0.15, 0.2) is 0 Å². The van der Waals surface area contributed by atoms with Crippen LogP contribution in [0.2, 0.25) is 0 Å². The first kappa shape index (κ1) is 9.43. The van der Waals surface area contributed by atoms with Crippen molar-refractivity contribution in [3.05, 3.63) is 0 Å². The molecule has 3 N–H and O–H groups in total. The van der Waals surface area contributed by atoms with E-state index in [9.17, 15) is 4.79 Å². The molecule has 0 bridgehead atoms. The molecule has 0 aromatic rings. The minimum Gasteiger partial charge on any atom is -0.481 e. The van der Waals surface area contributed by atoms with Crippen LogP contribution >= 0.6 is 0 Å². The van der Waals surface area contributed by atoms with E-state index in [1.807, 2.05) is 13.8 Å². The molecule has 3 nitrogen and oxygen atoms in total. The quantitative estimate of drug-likeness (QED) is 0.616. The van der Waals surface area contributed by atoms with Crippen molar-refractivity contribution < 1.29 is 9.90 Å². The lowest BCUT2D eigenvalue weighted by molar-refractivity contribution is -0.137. The van der Waals surface area contributed by atoms with E-state index in [0.717, 1.165) is 0 Å². The van der Waals surface area contributed by atoms with E-state index >= 15 is 0 Å². The van der Waals surface area contributed by atoms with Gasteiger partial charge in [0.05, 0.1) is 0 Å². The van der Waals surface area contributed by atoms with Crippen molar-refractivity contribution in [2.45, 2.75) is 32.7 Å². The maximum atomic E-state index is 10.1. The Morgan fingerprint density at radius 2 is 2.10 bits per heavy atom. The highest BCUT2D eigenvalue weighted by Gasteiger charge is 2.08. The number of hydrogen-bond acceptors (Lipinski definition) is 2. The highest BCUT2D eigenvalue weighted by molar-refractivity contribution is 5.66. The zero-order valence-electron chi connectivity index (χ0n) is 6.50. The van der Waals surface area contributed by atoms with Gasteiger partial charge in [-0.2, -0.15) is 0 Å². The third-order valence-electron chi connectivity index (χ3n) is 1.55. The molecule has 1 atom stereocenters. The highest BCUT2D eigenvalue weighted by Crippen LogP contribution is 2.04. The van der Waals surface area contributed by atoms with Gasteiger partial charge in [-0.05, 0) is 12.3 Å². The third kappa shape index (κ3) is 4.32. The van der Waals surface area contributed by atoms with E-state index in [4.69, 9.17) is 10.8 Å². The van der Waals surface area contributed by atoms with Crippen molar-refractivity contribution in [3.8, 4) is 0 Å². The van der Waals surface area contributed by atoms with Crippen molar-refractivity contribution in [3.63, 3.8) is 0 Å². The Balaban J connectivity index is 3.39. The average Bonchev–Trinajstić information content (AvgIpc) is 1.82. The standard InChI is InChI=1S/C7H15NO2/c1-5(2)6(8)3-4-7(9)10/h5-6H,3-4,8H2,1-2H3,(H,9,10)/t6-/m1/s1. The number of hydrogen-bond donors (Lipinski definition) is 2. The van der Waals surface area contributed by atoms with Gasteiger partial charge in [0.25, 0.3) is 0 Å². The summed E-state index contributed by atoms with van der Waals surface area (Å²) in [6, 6.07) is 0.0242. The Morgan fingerprint density at radius 1 is 1.60 bits per heavy atom. The van der Waals surface area contributed by atoms with Gasteiger partial charge in [-0.3, -0.25) is 4.79 Å². The van der Waals surface area contributed by atoms with Crippen LogP contribution in [0.1, 0.15) is 26.7 Å². The van der Waals surface area contributed by atoms with E-state index in [1.165, 1.54) is 0 Å². The molecular formula is C7H15NO2. The second-order valence-electron chi connectivity index (χ2n) is 2.84. The van der Waals surface area contributed by atoms with Gasteiger partial charge < -0.3 is 10.8 Å². The van der Waals surface area contributed by atoms with Crippen molar-refractivity contribution >= 4 is 5.97 Å². The fourth-order valence-corrected chi connectivity index (χ4v) is 0.623. The fraction of sp³-hybridized carbons (Fsp3) is 0.857. The van der Waals surface area contributed by atoms with Gasteiger partial charge in [-0.1, -0.05) is 13.8 Å². The Morgan fingerprint density at radius 3 is 2.40 bits per heavy atom. The van der Waals surface area contributed by atoms with Crippen LogP contribution in [-0.2, 0) is 4.79 Å². The average molecular weight is 145 g/mol. The molecule has 0 saturated heterocycles. The zero-order chi connectivity index (χ0) is 8.15. The first-order chi connectivity index (χ1) is 4.54. The number of carboxylic acid groups (broad SMARTS) is 1. The van der Waals surface area contributed by atoms with Crippen LogP contribution in [0.15, 0.2) is 0 Å². The van der Waals surface area contributed by atoms with Crippen molar-refractivity contribution in [2.75, 3.05) is 0 Å². The molecule has 0 radical (unpaired) electrons. The lowest BCUT2D eigenvalue weighted by Gasteiger charge is -2.13. The normalized spacial score (nSPS) is 13.6. The molecule has 0 saturated carbocycles. The molecule has 0 unspecified atom stereocenters. The molecule has 10 heavy (non-hydrogen) atoms. The second kappa shape index (κ2) is 4.28. The van der Waals surface area contributed by atoms with Gasteiger partial charge in [-0.15, -0.1) is 0 Å². The first-order valence-corrected chi connectivity index (χ1v) is 3.51. The summed E-state index contributed by atoms with van der Waals surface area (Å²) in [5.41, 5.74) is 5.60. The maximum absolute atomic E-state index is 10.1. The zero-order valence-corrected chi connectivity index (χ0v) is 6.50. The van der Waals surface area contributed by atoms with Crippen LogP contribution in [-0.4, -0.2) is 17.1 Å². The minimum absolute atomic E-state index is 0.0242. The molecule has 0 aromatic carbocycles. The van der Waals surface area contributed by atoms with Crippen molar-refractivity contribution in [1.82, 2.24) is 0 Å². The number of carbonyl (C=O) groups is 1. The highest BCUT2D eigenvalue weighted by atomic mass is 16.4. The summed E-state index contributed by atoms with van der Waals surface area (Å²) in [4.78, 5) is 10.1. The van der Waals surface area contributed by atoms with E-state index in [1.54, 1.807) is 0 Å². The van der Waals surface area contributed by atoms with E-state index in [2.05, 4.69) is 0 Å². The monoisotopic (exact) mass is 145 g/mol. The molecule has 0 amide bonds. The Labute approximate surface area is 61.2 Å². The molecular weight excluding hydrogens is 130 g/mol. The Kier molecular flexibility index (Phi) is 4.03. The maximum Gasteiger partial charge on any atom is 0.303 e.